The number of pyridine rings is 1. The Morgan fingerprint density at radius 1 is 1.35 bits per heavy atom. The van der Waals surface area contributed by atoms with E-state index in [1.54, 1.807) is 11.1 Å². The van der Waals surface area contributed by atoms with Crippen molar-refractivity contribution in [1.82, 2.24) is 9.88 Å². The largest absolute Gasteiger partial charge is 0.322 e. The van der Waals surface area contributed by atoms with Crippen molar-refractivity contribution in [2.45, 2.75) is 38.3 Å². The van der Waals surface area contributed by atoms with Crippen LogP contribution in [0.4, 0.5) is 14.9 Å². The number of piperidine rings is 1. The van der Waals surface area contributed by atoms with E-state index < -0.39 is 5.82 Å². The van der Waals surface area contributed by atoms with Crippen LogP contribution in [0.3, 0.4) is 0 Å². The SMILES string of the molecule is Cc1ccc(NC(=O)N2[C@H]3CC[C@H](C#N)[C@@H]2C3)cc1-c1cncc(F)c1. The number of hydrogen-bond acceptors (Lipinski definition) is 3. The highest BCUT2D eigenvalue weighted by Gasteiger charge is 2.49. The number of amides is 2. The molecule has 2 aromatic rings. The first-order valence-corrected chi connectivity index (χ1v) is 8.77. The van der Waals surface area contributed by atoms with Crippen molar-refractivity contribution in [3.8, 4) is 17.2 Å². The van der Waals surface area contributed by atoms with Gasteiger partial charge in [-0.3, -0.25) is 4.98 Å². The predicted octanol–water partition coefficient (Wildman–Crippen LogP) is 4.10. The van der Waals surface area contributed by atoms with E-state index in [9.17, 15) is 14.4 Å². The van der Waals surface area contributed by atoms with E-state index in [0.29, 0.717) is 11.3 Å². The van der Waals surface area contributed by atoms with Crippen LogP contribution >= 0.6 is 0 Å². The molecule has 2 amide bonds. The molecule has 0 radical (unpaired) electrons. The molecule has 0 spiro atoms. The molecule has 2 fully saturated rings. The van der Waals surface area contributed by atoms with Crippen molar-refractivity contribution in [3.05, 3.63) is 48.0 Å². The Labute approximate surface area is 151 Å². The number of rotatable bonds is 2. The molecule has 26 heavy (non-hydrogen) atoms. The lowest BCUT2D eigenvalue weighted by Crippen LogP contribution is -2.65. The molecule has 2 aliphatic rings. The minimum atomic E-state index is -0.396. The van der Waals surface area contributed by atoms with Crippen LogP contribution in [0.2, 0.25) is 0 Å². The average Bonchev–Trinajstić information content (AvgIpc) is 2.63. The summed E-state index contributed by atoms with van der Waals surface area (Å²) < 4.78 is 13.5. The van der Waals surface area contributed by atoms with Gasteiger partial charge in [-0.25, -0.2) is 9.18 Å². The topological polar surface area (TPSA) is 69.0 Å². The number of carbonyl (C=O) groups is 1. The normalized spacial score (nSPS) is 23.7. The zero-order valence-corrected chi connectivity index (χ0v) is 14.4. The number of urea groups is 1. The van der Waals surface area contributed by atoms with Gasteiger partial charge in [0.25, 0.3) is 0 Å². The number of hydrogen-bond donors (Lipinski definition) is 1. The summed E-state index contributed by atoms with van der Waals surface area (Å²) in [5.41, 5.74) is 3.12. The van der Waals surface area contributed by atoms with Crippen LogP contribution in [-0.4, -0.2) is 28.0 Å². The van der Waals surface area contributed by atoms with Crippen molar-refractivity contribution in [2.24, 2.45) is 5.92 Å². The Morgan fingerprint density at radius 3 is 2.92 bits per heavy atom. The summed E-state index contributed by atoms with van der Waals surface area (Å²) >= 11 is 0. The van der Waals surface area contributed by atoms with Gasteiger partial charge in [0.05, 0.1) is 24.2 Å². The average molecular weight is 350 g/mol. The van der Waals surface area contributed by atoms with E-state index in [4.69, 9.17) is 0 Å². The first kappa shape index (κ1) is 16.5. The fourth-order valence-electron chi connectivity index (χ4n) is 4.04. The Balaban J connectivity index is 1.55. The van der Waals surface area contributed by atoms with E-state index in [-0.39, 0.29) is 24.0 Å². The monoisotopic (exact) mass is 350 g/mol. The Morgan fingerprint density at radius 2 is 2.19 bits per heavy atom. The summed E-state index contributed by atoms with van der Waals surface area (Å²) in [6, 6.07) is 9.40. The molecule has 0 saturated carbocycles. The van der Waals surface area contributed by atoms with E-state index >= 15 is 0 Å². The quantitative estimate of drug-likeness (QED) is 0.886. The summed E-state index contributed by atoms with van der Waals surface area (Å²) in [6.45, 7) is 1.93. The van der Waals surface area contributed by atoms with Gasteiger partial charge in [0.1, 0.15) is 5.82 Å². The van der Waals surface area contributed by atoms with Crippen LogP contribution in [-0.2, 0) is 0 Å². The van der Waals surface area contributed by atoms with Crippen molar-refractivity contribution in [3.63, 3.8) is 0 Å². The minimum absolute atomic E-state index is 0.0242. The molecular weight excluding hydrogens is 331 g/mol. The lowest BCUT2D eigenvalue weighted by atomic mass is 9.73. The van der Waals surface area contributed by atoms with Gasteiger partial charge < -0.3 is 10.2 Å². The van der Waals surface area contributed by atoms with Gasteiger partial charge in [-0.1, -0.05) is 6.07 Å². The molecule has 3 heterocycles. The van der Waals surface area contributed by atoms with Crippen LogP contribution in [0.25, 0.3) is 11.1 Å². The van der Waals surface area contributed by atoms with Crippen LogP contribution in [0.1, 0.15) is 24.8 Å². The molecular formula is C20H19FN4O. The molecule has 5 nitrogen and oxygen atoms in total. The molecule has 2 saturated heterocycles. The van der Waals surface area contributed by atoms with Crippen molar-refractivity contribution in [2.75, 3.05) is 5.32 Å². The number of aryl methyl sites for hydroxylation is 1. The molecule has 0 unspecified atom stereocenters. The third kappa shape index (κ3) is 2.80. The summed E-state index contributed by atoms with van der Waals surface area (Å²) in [5.74, 6) is -0.468. The lowest BCUT2D eigenvalue weighted by molar-refractivity contribution is -0.00638. The van der Waals surface area contributed by atoms with Gasteiger partial charge in [-0.05, 0) is 55.5 Å². The van der Waals surface area contributed by atoms with Gasteiger partial charge in [0.15, 0.2) is 0 Å². The number of nitrogens with one attached hydrogen (secondary N) is 1. The smallest absolute Gasteiger partial charge is 0.317 e. The zero-order valence-electron chi connectivity index (χ0n) is 14.4. The Bertz CT molecular complexity index is 905. The Hall–Kier alpha value is -2.94. The highest BCUT2D eigenvalue weighted by Crippen LogP contribution is 2.42. The van der Waals surface area contributed by atoms with Crippen molar-refractivity contribution < 1.29 is 9.18 Å². The third-order valence-electron chi connectivity index (χ3n) is 5.44. The first-order valence-electron chi connectivity index (χ1n) is 8.77. The molecule has 132 valence electrons. The van der Waals surface area contributed by atoms with Crippen LogP contribution in [0, 0.1) is 30.0 Å². The molecule has 6 heteroatoms. The first-order chi connectivity index (χ1) is 12.6. The van der Waals surface area contributed by atoms with E-state index in [2.05, 4.69) is 16.4 Å². The van der Waals surface area contributed by atoms with Gasteiger partial charge >= 0.3 is 6.03 Å². The highest BCUT2D eigenvalue weighted by molar-refractivity contribution is 5.91. The molecule has 3 atom stereocenters. The van der Waals surface area contributed by atoms with Gasteiger partial charge in [0.2, 0.25) is 0 Å². The molecule has 1 aromatic carbocycles. The fourth-order valence-corrected chi connectivity index (χ4v) is 4.04. The van der Waals surface area contributed by atoms with E-state index in [0.717, 1.165) is 30.4 Å². The minimum Gasteiger partial charge on any atom is -0.317 e. The number of fused-ring (bicyclic) bond motifs is 2. The number of aromatic nitrogens is 1. The summed E-state index contributed by atoms with van der Waals surface area (Å²) in [4.78, 5) is 18.4. The summed E-state index contributed by atoms with van der Waals surface area (Å²) in [7, 11) is 0. The number of carbonyl (C=O) groups excluding carboxylic acids is 1. The fraction of sp³-hybridized carbons (Fsp3) is 0.350. The van der Waals surface area contributed by atoms with Gasteiger partial charge in [-0.2, -0.15) is 5.26 Å². The lowest BCUT2D eigenvalue weighted by Gasteiger charge is -2.54. The number of benzene rings is 1. The maximum Gasteiger partial charge on any atom is 0.322 e. The van der Waals surface area contributed by atoms with E-state index in [1.807, 2.05) is 25.1 Å². The molecule has 1 aromatic heterocycles. The van der Waals surface area contributed by atoms with Crippen LogP contribution < -0.4 is 5.32 Å². The van der Waals surface area contributed by atoms with Crippen molar-refractivity contribution >= 4 is 11.7 Å². The summed E-state index contributed by atoms with van der Waals surface area (Å²) in [6.07, 6.45) is 5.44. The molecule has 0 aliphatic carbocycles. The second-order valence-electron chi connectivity index (χ2n) is 7.03. The maximum absolute atomic E-state index is 13.5. The number of nitriles is 1. The predicted molar refractivity (Wildman–Crippen MR) is 95.8 cm³/mol. The highest BCUT2D eigenvalue weighted by atomic mass is 19.1. The van der Waals surface area contributed by atoms with Gasteiger partial charge in [-0.15, -0.1) is 0 Å². The number of anilines is 1. The van der Waals surface area contributed by atoms with E-state index in [1.165, 1.54) is 12.3 Å². The Kier molecular flexibility index (Phi) is 4.08. The summed E-state index contributed by atoms with van der Waals surface area (Å²) in [5, 5.41) is 12.2. The van der Waals surface area contributed by atoms with Crippen molar-refractivity contribution in [1.29, 1.82) is 5.26 Å². The van der Waals surface area contributed by atoms with Crippen LogP contribution in [0.5, 0.6) is 0 Å². The standard InChI is InChI=1S/C20H19FN4O/c1-12-2-4-16(7-18(12)14-6-15(21)11-23-10-14)24-20(26)25-17-5-3-13(9-22)19(25)8-17/h2,4,6-7,10-11,13,17,19H,3,5,8H2,1H3,(H,24,26)/t13-,17+,19+/m1/s1. The molecule has 2 aliphatic heterocycles. The zero-order chi connectivity index (χ0) is 18.3. The number of halogens is 1. The molecule has 4 rings (SSSR count). The molecule has 2 bridgehead atoms. The second kappa shape index (κ2) is 6.41. The third-order valence-corrected chi connectivity index (χ3v) is 5.44. The van der Waals surface area contributed by atoms with Gasteiger partial charge in [0, 0.05) is 23.5 Å². The second-order valence-corrected chi connectivity index (χ2v) is 7.03. The number of nitrogens with zero attached hydrogens (tertiary/aromatic N) is 3. The maximum atomic E-state index is 13.5. The molecule has 1 N–H and O–H groups in total. The van der Waals surface area contributed by atoms with Crippen LogP contribution in [0.15, 0.2) is 36.7 Å².